The van der Waals surface area contributed by atoms with Crippen LogP contribution in [0.25, 0.3) is 0 Å². The Bertz CT molecular complexity index is 903. The Labute approximate surface area is 183 Å². The maximum atomic E-state index is 13.9. The Kier molecular flexibility index (Phi) is 8.10. The number of halogens is 3. The van der Waals surface area contributed by atoms with E-state index < -0.39 is 29.6 Å². The average Bonchev–Trinajstić information content (AvgIpc) is 3.18. The van der Waals surface area contributed by atoms with E-state index in [0.717, 1.165) is 56.7 Å². The van der Waals surface area contributed by atoms with E-state index in [1.54, 1.807) is 0 Å². The summed E-state index contributed by atoms with van der Waals surface area (Å²) in [6, 6.07) is 1.99. The van der Waals surface area contributed by atoms with Crippen molar-refractivity contribution in [2.75, 3.05) is 51.6 Å². The Morgan fingerprint density at radius 3 is 2.68 bits per heavy atom. The second-order valence-electron chi connectivity index (χ2n) is 7.48. The van der Waals surface area contributed by atoms with Crippen LogP contribution in [0.15, 0.2) is 12.1 Å². The molecule has 2 N–H and O–H groups in total. The molecule has 1 aromatic carbocycles. The number of aromatic nitrogens is 1. The van der Waals surface area contributed by atoms with Crippen LogP contribution in [0.4, 0.5) is 23.0 Å². The van der Waals surface area contributed by atoms with Crippen molar-refractivity contribution < 1.29 is 22.7 Å². The highest BCUT2D eigenvalue weighted by molar-refractivity contribution is 7.10. The molecule has 0 atom stereocenters. The summed E-state index contributed by atoms with van der Waals surface area (Å²) < 4.78 is 50.6. The zero-order valence-electron chi connectivity index (χ0n) is 17.5. The molecule has 0 spiro atoms. The van der Waals surface area contributed by atoms with E-state index in [4.69, 9.17) is 4.74 Å². The zero-order valence-corrected chi connectivity index (χ0v) is 18.3. The SMILES string of the molecule is Cc1cc(F)c(COc2cc(NC(=O)NCCCN3CCN(C)CC3)sn2)c(F)c1F. The highest BCUT2D eigenvalue weighted by atomic mass is 32.1. The van der Waals surface area contributed by atoms with Crippen molar-refractivity contribution in [2.24, 2.45) is 0 Å². The minimum Gasteiger partial charge on any atom is -0.472 e. The fourth-order valence-electron chi connectivity index (χ4n) is 3.15. The lowest BCUT2D eigenvalue weighted by Gasteiger charge is -2.32. The molecular formula is C20H26F3N5O2S. The number of carbonyl (C=O) groups is 1. The van der Waals surface area contributed by atoms with Gasteiger partial charge in [-0.15, -0.1) is 0 Å². The first kappa shape index (κ1) is 23.3. The molecule has 0 radical (unpaired) electrons. The molecule has 3 rings (SSSR count). The van der Waals surface area contributed by atoms with Crippen LogP contribution in [0.2, 0.25) is 0 Å². The number of nitrogens with zero attached hydrogens (tertiary/aromatic N) is 3. The fraction of sp³-hybridized carbons (Fsp3) is 0.500. The van der Waals surface area contributed by atoms with Crippen molar-refractivity contribution in [3.8, 4) is 5.88 Å². The summed E-state index contributed by atoms with van der Waals surface area (Å²) in [7, 11) is 2.11. The first-order valence-corrected chi connectivity index (χ1v) is 10.8. The number of hydrogen-bond acceptors (Lipinski definition) is 6. The highest BCUT2D eigenvalue weighted by Crippen LogP contribution is 2.25. The lowest BCUT2D eigenvalue weighted by atomic mass is 10.1. The molecule has 7 nitrogen and oxygen atoms in total. The largest absolute Gasteiger partial charge is 0.472 e. The molecule has 31 heavy (non-hydrogen) atoms. The third-order valence-electron chi connectivity index (χ3n) is 5.06. The Morgan fingerprint density at radius 2 is 1.94 bits per heavy atom. The predicted molar refractivity (Wildman–Crippen MR) is 113 cm³/mol. The number of piperazine rings is 1. The Morgan fingerprint density at radius 1 is 1.19 bits per heavy atom. The number of amides is 2. The van der Waals surface area contributed by atoms with Crippen LogP contribution in [-0.2, 0) is 6.61 Å². The van der Waals surface area contributed by atoms with Crippen molar-refractivity contribution >= 4 is 22.6 Å². The van der Waals surface area contributed by atoms with E-state index in [9.17, 15) is 18.0 Å². The molecule has 0 bridgehead atoms. The number of likely N-dealkylation sites (N-methyl/N-ethyl adjacent to an activating group) is 1. The van der Waals surface area contributed by atoms with Gasteiger partial charge in [-0.05, 0) is 50.1 Å². The van der Waals surface area contributed by atoms with Crippen molar-refractivity contribution in [1.29, 1.82) is 0 Å². The van der Waals surface area contributed by atoms with Gasteiger partial charge in [-0.2, -0.15) is 4.37 Å². The van der Waals surface area contributed by atoms with Gasteiger partial charge >= 0.3 is 6.03 Å². The van der Waals surface area contributed by atoms with E-state index in [1.807, 2.05) is 0 Å². The third-order valence-corrected chi connectivity index (χ3v) is 5.75. The van der Waals surface area contributed by atoms with Crippen LogP contribution in [0.1, 0.15) is 17.5 Å². The molecule has 2 heterocycles. The molecule has 1 aliphatic heterocycles. The van der Waals surface area contributed by atoms with E-state index in [1.165, 1.54) is 13.0 Å². The summed E-state index contributed by atoms with van der Waals surface area (Å²) in [5.41, 5.74) is -0.628. The second kappa shape index (κ2) is 10.8. The highest BCUT2D eigenvalue weighted by Gasteiger charge is 2.18. The Hall–Kier alpha value is -2.37. The van der Waals surface area contributed by atoms with Crippen LogP contribution in [0.5, 0.6) is 5.88 Å². The van der Waals surface area contributed by atoms with Gasteiger partial charge in [-0.3, -0.25) is 5.32 Å². The molecule has 1 saturated heterocycles. The second-order valence-corrected chi connectivity index (χ2v) is 8.28. The van der Waals surface area contributed by atoms with Crippen molar-refractivity contribution in [3.05, 3.63) is 40.7 Å². The smallest absolute Gasteiger partial charge is 0.319 e. The molecule has 2 amide bonds. The van der Waals surface area contributed by atoms with Gasteiger partial charge in [0.1, 0.15) is 17.4 Å². The zero-order chi connectivity index (χ0) is 22.4. The van der Waals surface area contributed by atoms with Gasteiger partial charge in [0.05, 0.1) is 5.56 Å². The van der Waals surface area contributed by atoms with Gasteiger partial charge in [0.25, 0.3) is 0 Å². The number of hydrogen-bond donors (Lipinski definition) is 2. The maximum Gasteiger partial charge on any atom is 0.319 e. The number of rotatable bonds is 8. The molecular weight excluding hydrogens is 431 g/mol. The standard InChI is InChI=1S/C20H26F3N5O2S/c1-13-10-15(21)14(19(23)18(13)22)12-30-16-11-17(31-26-16)25-20(29)24-4-3-5-28-8-6-27(2)7-9-28/h10-11H,3-9,12H2,1-2H3,(H2,24,25,29). The first-order chi connectivity index (χ1) is 14.8. The summed E-state index contributed by atoms with van der Waals surface area (Å²) in [6.07, 6.45) is 0.846. The van der Waals surface area contributed by atoms with Crippen molar-refractivity contribution in [1.82, 2.24) is 19.5 Å². The third kappa shape index (κ3) is 6.55. The summed E-state index contributed by atoms with van der Waals surface area (Å²) in [5.74, 6) is -3.19. The molecule has 1 aliphatic rings. The van der Waals surface area contributed by atoms with Gasteiger partial charge < -0.3 is 19.9 Å². The Balaban J connectivity index is 1.40. The number of urea groups is 1. The molecule has 2 aromatic rings. The van der Waals surface area contributed by atoms with Gasteiger partial charge in [-0.1, -0.05) is 0 Å². The lowest BCUT2D eigenvalue weighted by molar-refractivity contribution is 0.153. The van der Waals surface area contributed by atoms with Crippen LogP contribution >= 0.6 is 11.5 Å². The van der Waals surface area contributed by atoms with E-state index >= 15 is 0 Å². The monoisotopic (exact) mass is 457 g/mol. The van der Waals surface area contributed by atoms with Crippen LogP contribution < -0.4 is 15.4 Å². The summed E-state index contributed by atoms with van der Waals surface area (Å²) in [6.45, 7) is 6.42. The van der Waals surface area contributed by atoms with Crippen LogP contribution in [0, 0.1) is 24.4 Å². The maximum absolute atomic E-state index is 13.9. The number of nitrogens with one attached hydrogen (secondary N) is 2. The normalized spacial score (nSPS) is 15.1. The molecule has 0 unspecified atom stereocenters. The van der Waals surface area contributed by atoms with Gasteiger partial charge in [-0.25, -0.2) is 18.0 Å². The van der Waals surface area contributed by atoms with Crippen LogP contribution in [-0.4, -0.2) is 66.5 Å². The lowest BCUT2D eigenvalue weighted by Crippen LogP contribution is -2.45. The van der Waals surface area contributed by atoms with Gasteiger partial charge in [0.2, 0.25) is 5.88 Å². The number of benzene rings is 1. The number of ether oxygens (including phenoxy) is 1. The number of carbonyl (C=O) groups excluding carboxylic acids is 1. The first-order valence-electron chi connectivity index (χ1n) is 10.0. The fourth-order valence-corrected chi connectivity index (χ4v) is 3.73. The molecule has 11 heteroatoms. The van der Waals surface area contributed by atoms with E-state index in [2.05, 4.69) is 31.9 Å². The number of aryl methyl sites for hydroxylation is 1. The van der Waals surface area contributed by atoms with Crippen molar-refractivity contribution in [3.63, 3.8) is 0 Å². The molecule has 1 fully saturated rings. The van der Waals surface area contributed by atoms with Gasteiger partial charge in [0.15, 0.2) is 11.6 Å². The van der Waals surface area contributed by atoms with Gasteiger partial charge in [0, 0.05) is 38.8 Å². The van der Waals surface area contributed by atoms with Crippen LogP contribution in [0.3, 0.4) is 0 Å². The summed E-state index contributed by atoms with van der Waals surface area (Å²) in [4.78, 5) is 16.7. The predicted octanol–water partition coefficient (Wildman–Crippen LogP) is 3.21. The van der Waals surface area contributed by atoms with E-state index in [0.29, 0.717) is 11.5 Å². The quantitative estimate of drug-likeness (QED) is 0.471. The summed E-state index contributed by atoms with van der Waals surface area (Å²) >= 11 is 0.968. The topological polar surface area (TPSA) is 69.7 Å². The average molecular weight is 458 g/mol. The molecule has 0 saturated carbocycles. The minimum atomic E-state index is -1.28. The molecule has 0 aliphatic carbocycles. The summed E-state index contributed by atoms with van der Waals surface area (Å²) in [5, 5.41) is 5.84. The van der Waals surface area contributed by atoms with E-state index in [-0.39, 0.29) is 17.5 Å². The van der Waals surface area contributed by atoms with Crippen molar-refractivity contribution in [2.45, 2.75) is 20.0 Å². The minimum absolute atomic E-state index is 0.0788. The molecule has 170 valence electrons. The number of anilines is 1. The molecule has 1 aromatic heterocycles.